The first kappa shape index (κ1) is 16.1. The number of carbonyl (C=O) groups excluding carboxylic acids is 2. The molecule has 1 aliphatic rings. The van der Waals surface area contributed by atoms with Crippen LogP contribution in [0.2, 0.25) is 0 Å². The molecule has 9 nitrogen and oxygen atoms in total. The molecular formula is C14H12N4O5. The standard InChI is InChI=1S/C14H12N4O5/c15-6-5-10-7-12(19)17-13(16-10)14(20)23-8-9-1-3-11(4-2-9)18(21)22/h1-4,10H,5,7-8H2,(H,16,17,19). The zero-order valence-electron chi connectivity index (χ0n) is 11.9. The van der Waals surface area contributed by atoms with Crippen LogP contribution in [-0.4, -0.2) is 28.7 Å². The second kappa shape index (κ2) is 7.13. The van der Waals surface area contributed by atoms with Gasteiger partial charge in [0, 0.05) is 12.1 Å². The molecule has 1 aromatic carbocycles. The molecule has 1 heterocycles. The lowest BCUT2D eigenvalue weighted by Gasteiger charge is -2.18. The highest BCUT2D eigenvalue weighted by Crippen LogP contribution is 2.13. The van der Waals surface area contributed by atoms with E-state index in [-0.39, 0.29) is 31.0 Å². The van der Waals surface area contributed by atoms with Gasteiger partial charge >= 0.3 is 5.97 Å². The van der Waals surface area contributed by atoms with Gasteiger partial charge in [-0.25, -0.2) is 4.79 Å². The maximum absolute atomic E-state index is 11.9. The summed E-state index contributed by atoms with van der Waals surface area (Å²) >= 11 is 0. The number of nitro groups is 1. The molecule has 0 saturated carbocycles. The Balaban J connectivity index is 1.97. The Bertz CT molecular complexity index is 705. The Kier molecular flexibility index (Phi) is 4.99. The van der Waals surface area contributed by atoms with Crippen LogP contribution >= 0.6 is 0 Å². The Hall–Kier alpha value is -3.28. The first-order valence-electron chi connectivity index (χ1n) is 6.64. The topological polar surface area (TPSA) is 135 Å². The molecule has 1 amide bonds. The van der Waals surface area contributed by atoms with Gasteiger partial charge in [-0.2, -0.15) is 5.26 Å². The summed E-state index contributed by atoms with van der Waals surface area (Å²) in [5.74, 6) is -1.45. The highest BCUT2D eigenvalue weighted by Gasteiger charge is 2.25. The van der Waals surface area contributed by atoms with E-state index >= 15 is 0 Å². The SMILES string of the molecule is N#CCC1CC(=O)NC(C(=O)OCc2ccc([N+](=O)[O-])cc2)=N1. The minimum atomic E-state index is -0.820. The normalized spacial score (nSPS) is 16.7. The maximum Gasteiger partial charge on any atom is 0.374 e. The van der Waals surface area contributed by atoms with Crippen molar-refractivity contribution < 1.29 is 19.2 Å². The van der Waals surface area contributed by atoms with Crippen molar-refractivity contribution in [3.63, 3.8) is 0 Å². The van der Waals surface area contributed by atoms with Crippen LogP contribution in [0.15, 0.2) is 29.3 Å². The highest BCUT2D eigenvalue weighted by molar-refractivity contribution is 6.38. The van der Waals surface area contributed by atoms with Gasteiger partial charge in [0.05, 0.1) is 29.9 Å². The molecule has 1 aliphatic heterocycles. The van der Waals surface area contributed by atoms with E-state index in [2.05, 4.69) is 10.3 Å². The average Bonchev–Trinajstić information content (AvgIpc) is 2.52. The summed E-state index contributed by atoms with van der Waals surface area (Å²) in [7, 11) is 0. The van der Waals surface area contributed by atoms with Gasteiger partial charge in [0.1, 0.15) is 6.61 Å². The van der Waals surface area contributed by atoms with Gasteiger partial charge in [0.25, 0.3) is 5.69 Å². The van der Waals surface area contributed by atoms with Gasteiger partial charge in [-0.05, 0) is 17.7 Å². The summed E-state index contributed by atoms with van der Waals surface area (Å²) in [6, 6.07) is 6.86. The second-order valence-corrected chi connectivity index (χ2v) is 4.75. The summed E-state index contributed by atoms with van der Waals surface area (Å²) in [4.78, 5) is 37.3. The molecule has 0 aliphatic carbocycles. The number of nitrogens with zero attached hydrogens (tertiary/aromatic N) is 3. The predicted octanol–water partition coefficient (Wildman–Crippen LogP) is 0.839. The van der Waals surface area contributed by atoms with Crippen molar-refractivity contribution in [2.75, 3.05) is 0 Å². The average molecular weight is 316 g/mol. The number of aliphatic imine (C=N–C) groups is 1. The molecule has 1 atom stereocenters. The Morgan fingerprint density at radius 2 is 2.17 bits per heavy atom. The highest BCUT2D eigenvalue weighted by atomic mass is 16.6. The van der Waals surface area contributed by atoms with E-state index in [4.69, 9.17) is 10.00 Å². The van der Waals surface area contributed by atoms with Crippen LogP contribution in [0.1, 0.15) is 18.4 Å². The predicted molar refractivity (Wildman–Crippen MR) is 77.1 cm³/mol. The number of carbonyl (C=O) groups is 2. The van der Waals surface area contributed by atoms with Crippen LogP contribution in [0, 0.1) is 21.4 Å². The smallest absolute Gasteiger partial charge is 0.374 e. The fraction of sp³-hybridized carbons (Fsp3) is 0.286. The lowest BCUT2D eigenvalue weighted by atomic mass is 10.1. The molecular weight excluding hydrogens is 304 g/mol. The van der Waals surface area contributed by atoms with Crippen LogP contribution in [-0.2, 0) is 20.9 Å². The number of non-ortho nitro benzene ring substituents is 1. The van der Waals surface area contributed by atoms with Crippen molar-refractivity contribution in [1.29, 1.82) is 5.26 Å². The van der Waals surface area contributed by atoms with Crippen LogP contribution in [0.25, 0.3) is 0 Å². The van der Waals surface area contributed by atoms with Gasteiger partial charge in [0.2, 0.25) is 11.7 Å². The number of nitro benzene ring substituents is 1. The number of ether oxygens (including phenoxy) is 1. The summed E-state index contributed by atoms with van der Waals surface area (Å²) in [6.07, 6.45) is 0.0826. The second-order valence-electron chi connectivity index (χ2n) is 4.75. The summed E-state index contributed by atoms with van der Waals surface area (Å²) in [5.41, 5.74) is 0.489. The molecule has 0 fully saturated rings. The van der Waals surface area contributed by atoms with E-state index in [1.807, 2.05) is 6.07 Å². The van der Waals surface area contributed by atoms with Gasteiger partial charge in [-0.1, -0.05) is 0 Å². The van der Waals surface area contributed by atoms with E-state index in [9.17, 15) is 19.7 Å². The zero-order chi connectivity index (χ0) is 16.8. The van der Waals surface area contributed by atoms with Crippen LogP contribution in [0.4, 0.5) is 5.69 Å². The van der Waals surface area contributed by atoms with Gasteiger partial charge < -0.3 is 10.1 Å². The van der Waals surface area contributed by atoms with Crippen LogP contribution < -0.4 is 5.32 Å². The molecule has 2 rings (SSSR count). The number of nitrogens with one attached hydrogen (secondary N) is 1. The Morgan fingerprint density at radius 1 is 1.48 bits per heavy atom. The molecule has 0 aromatic heterocycles. The number of amidine groups is 1. The van der Waals surface area contributed by atoms with Crippen molar-refractivity contribution in [2.45, 2.75) is 25.5 Å². The molecule has 0 radical (unpaired) electrons. The minimum absolute atomic E-state index is 0.0343. The molecule has 1 N–H and O–H groups in total. The molecule has 0 saturated heterocycles. The van der Waals surface area contributed by atoms with E-state index in [1.165, 1.54) is 24.3 Å². The van der Waals surface area contributed by atoms with E-state index in [0.717, 1.165) is 0 Å². The molecule has 0 bridgehead atoms. The van der Waals surface area contributed by atoms with Gasteiger partial charge in [0.15, 0.2) is 0 Å². The number of hydrogen-bond donors (Lipinski definition) is 1. The van der Waals surface area contributed by atoms with Crippen molar-refractivity contribution in [3.05, 3.63) is 39.9 Å². The third kappa shape index (κ3) is 4.34. The lowest BCUT2D eigenvalue weighted by molar-refractivity contribution is -0.384. The monoisotopic (exact) mass is 316 g/mol. The summed E-state index contributed by atoms with van der Waals surface area (Å²) in [5, 5.41) is 21.5. The number of benzene rings is 1. The quantitative estimate of drug-likeness (QED) is 0.486. The third-order valence-corrected chi connectivity index (χ3v) is 3.03. The summed E-state index contributed by atoms with van der Waals surface area (Å²) < 4.78 is 5.01. The van der Waals surface area contributed by atoms with Crippen molar-refractivity contribution in [3.8, 4) is 6.07 Å². The molecule has 1 unspecified atom stereocenters. The largest absolute Gasteiger partial charge is 0.455 e. The molecule has 9 heteroatoms. The van der Waals surface area contributed by atoms with E-state index in [0.29, 0.717) is 5.56 Å². The summed E-state index contributed by atoms with van der Waals surface area (Å²) in [6.45, 7) is -0.116. The zero-order valence-corrected chi connectivity index (χ0v) is 11.9. The van der Waals surface area contributed by atoms with Crippen molar-refractivity contribution in [2.24, 2.45) is 4.99 Å². The molecule has 118 valence electrons. The van der Waals surface area contributed by atoms with Crippen molar-refractivity contribution in [1.82, 2.24) is 5.32 Å². The number of amides is 1. The number of esters is 1. The number of nitriles is 1. The molecule has 0 spiro atoms. The fourth-order valence-corrected chi connectivity index (χ4v) is 1.92. The van der Waals surface area contributed by atoms with Gasteiger partial charge in [-0.3, -0.25) is 19.9 Å². The van der Waals surface area contributed by atoms with Crippen LogP contribution in [0.3, 0.4) is 0 Å². The molecule has 23 heavy (non-hydrogen) atoms. The van der Waals surface area contributed by atoms with Crippen LogP contribution in [0.5, 0.6) is 0 Å². The first-order chi connectivity index (χ1) is 11.0. The fourth-order valence-electron chi connectivity index (χ4n) is 1.92. The number of rotatable bonds is 5. The third-order valence-electron chi connectivity index (χ3n) is 3.03. The van der Waals surface area contributed by atoms with E-state index < -0.39 is 22.8 Å². The Morgan fingerprint density at radius 3 is 2.78 bits per heavy atom. The maximum atomic E-state index is 11.9. The van der Waals surface area contributed by atoms with Gasteiger partial charge in [-0.15, -0.1) is 0 Å². The first-order valence-corrected chi connectivity index (χ1v) is 6.64. The van der Waals surface area contributed by atoms with E-state index in [1.54, 1.807) is 0 Å². The lowest BCUT2D eigenvalue weighted by Crippen LogP contribution is -2.43. The molecule has 1 aromatic rings. The number of hydrogen-bond acceptors (Lipinski definition) is 7. The van der Waals surface area contributed by atoms with Crippen molar-refractivity contribution >= 4 is 23.4 Å². The minimum Gasteiger partial charge on any atom is -0.455 e. The Labute approximate surface area is 130 Å².